The number of allylic oxidation sites excluding steroid dienone is 1. The van der Waals surface area contributed by atoms with Crippen LogP contribution in [0, 0.1) is 6.92 Å². The van der Waals surface area contributed by atoms with Crippen LogP contribution >= 0.6 is 11.6 Å². The van der Waals surface area contributed by atoms with Gasteiger partial charge in [0.2, 0.25) is 0 Å². The minimum absolute atomic E-state index is 0. The average molecular weight is 263 g/mol. The van der Waals surface area contributed by atoms with Crippen LogP contribution in [0.5, 0.6) is 0 Å². The molecule has 78 valence electrons. The molecule has 15 heavy (non-hydrogen) atoms. The molecule has 0 amide bonds. The molecule has 0 fully saturated rings. The maximum atomic E-state index is 12.1. The van der Waals surface area contributed by atoms with Crippen LogP contribution < -0.4 is 51.4 Å². The van der Waals surface area contributed by atoms with Crippen molar-refractivity contribution in [2.45, 2.75) is 13.5 Å². The molecule has 0 bridgehead atoms. The summed E-state index contributed by atoms with van der Waals surface area (Å²) in [7, 11) is 0. The summed E-state index contributed by atoms with van der Waals surface area (Å²) < 4.78 is 37.5. The molecule has 0 saturated heterocycles. The number of aromatic nitrogens is 2. The van der Waals surface area contributed by atoms with Crippen molar-refractivity contribution in [2.24, 2.45) is 0 Å². The molecule has 0 aliphatic carbocycles. The Kier molecular flexibility index (Phi) is 6.17. The van der Waals surface area contributed by atoms with Crippen molar-refractivity contribution >= 4 is 18.6 Å². The van der Waals surface area contributed by atoms with Crippen LogP contribution in [0.4, 0.5) is 12.9 Å². The normalized spacial score (nSPS) is 11.0. The van der Waals surface area contributed by atoms with Gasteiger partial charge in [-0.2, -0.15) is 5.10 Å². The van der Waals surface area contributed by atoms with Gasteiger partial charge in [0.1, 0.15) is 0 Å². The smallest absolute Gasteiger partial charge is 0.445 e. The van der Waals surface area contributed by atoms with E-state index in [1.165, 1.54) is 6.20 Å². The summed E-state index contributed by atoms with van der Waals surface area (Å²) >= 11 is 5.64. The summed E-state index contributed by atoms with van der Waals surface area (Å²) in [4.78, 5) is 0. The van der Waals surface area contributed by atoms with E-state index in [9.17, 15) is 12.9 Å². The Morgan fingerprint density at radius 1 is 1.60 bits per heavy atom. The van der Waals surface area contributed by atoms with E-state index in [4.69, 9.17) is 11.6 Å². The molecular formula is C7H8BClF3KN2. The summed E-state index contributed by atoms with van der Waals surface area (Å²) in [6, 6.07) is 0. The monoisotopic (exact) mass is 262 g/mol. The molecule has 1 aromatic heterocycles. The molecule has 0 aliphatic rings. The topological polar surface area (TPSA) is 17.8 Å². The fourth-order valence-corrected chi connectivity index (χ4v) is 1.04. The van der Waals surface area contributed by atoms with Gasteiger partial charge in [0.15, 0.2) is 0 Å². The Labute approximate surface area is 133 Å². The fraction of sp³-hybridized carbons (Fsp3) is 0.286. The van der Waals surface area contributed by atoms with Crippen molar-refractivity contribution in [3.05, 3.63) is 29.0 Å². The van der Waals surface area contributed by atoms with Crippen LogP contribution in [0.25, 0.3) is 0 Å². The second kappa shape index (κ2) is 5.88. The molecular weight excluding hydrogens is 254 g/mol. The predicted molar refractivity (Wildman–Crippen MR) is 50.2 cm³/mol. The zero-order chi connectivity index (χ0) is 10.9. The third-order valence-electron chi connectivity index (χ3n) is 1.71. The number of nitrogens with zero attached hydrogens (tertiary/aromatic N) is 2. The van der Waals surface area contributed by atoms with E-state index in [1.54, 1.807) is 6.92 Å². The molecule has 0 radical (unpaired) electrons. The van der Waals surface area contributed by atoms with Crippen molar-refractivity contribution in [2.75, 3.05) is 0 Å². The van der Waals surface area contributed by atoms with Gasteiger partial charge in [-0.3, -0.25) is 4.68 Å². The zero-order valence-corrected chi connectivity index (χ0v) is 12.4. The quantitative estimate of drug-likeness (QED) is 0.690. The van der Waals surface area contributed by atoms with Crippen molar-refractivity contribution < 1.29 is 64.3 Å². The van der Waals surface area contributed by atoms with Crippen LogP contribution in [0.3, 0.4) is 0 Å². The van der Waals surface area contributed by atoms with Crippen molar-refractivity contribution in [1.82, 2.24) is 9.78 Å². The van der Waals surface area contributed by atoms with Crippen molar-refractivity contribution in [3.8, 4) is 0 Å². The molecule has 2 nitrogen and oxygen atoms in total. The Bertz CT molecular complexity index is 344. The van der Waals surface area contributed by atoms with E-state index in [2.05, 4.69) is 11.7 Å². The summed E-state index contributed by atoms with van der Waals surface area (Å²) in [6.45, 7) is -0.778. The van der Waals surface area contributed by atoms with Crippen LogP contribution in [-0.2, 0) is 6.54 Å². The van der Waals surface area contributed by atoms with E-state index in [1.807, 2.05) is 0 Å². The van der Waals surface area contributed by atoms with E-state index in [0.29, 0.717) is 10.7 Å². The number of aryl methyl sites for hydroxylation is 1. The molecule has 1 rings (SSSR count). The number of halogens is 4. The molecule has 0 saturated carbocycles. The SMILES string of the molecule is C=C(Cn1cc(Cl)c(C)n1)[B-](F)(F)F.[K+]. The first kappa shape index (κ1) is 15.7. The van der Waals surface area contributed by atoms with E-state index >= 15 is 0 Å². The van der Waals surface area contributed by atoms with Gasteiger partial charge in [-0.1, -0.05) is 11.6 Å². The molecule has 0 spiro atoms. The second-order valence-corrected chi connectivity index (χ2v) is 3.40. The number of hydrogen-bond acceptors (Lipinski definition) is 1. The maximum Gasteiger partial charge on any atom is 1.00 e. The average Bonchev–Trinajstić information content (AvgIpc) is 2.29. The van der Waals surface area contributed by atoms with Crippen molar-refractivity contribution in [1.29, 1.82) is 0 Å². The molecule has 0 atom stereocenters. The maximum absolute atomic E-state index is 12.1. The summed E-state index contributed by atoms with van der Waals surface area (Å²) in [5.41, 5.74) is -0.279. The minimum Gasteiger partial charge on any atom is -0.445 e. The van der Waals surface area contributed by atoms with Gasteiger partial charge in [-0.25, -0.2) is 0 Å². The van der Waals surface area contributed by atoms with Gasteiger partial charge < -0.3 is 12.9 Å². The van der Waals surface area contributed by atoms with E-state index < -0.39 is 12.4 Å². The zero-order valence-electron chi connectivity index (χ0n) is 8.48. The first-order valence-corrected chi connectivity index (χ1v) is 4.25. The molecule has 0 N–H and O–H groups in total. The summed E-state index contributed by atoms with van der Waals surface area (Å²) in [6.07, 6.45) is 1.35. The fourth-order valence-electron chi connectivity index (χ4n) is 0.886. The minimum atomic E-state index is -5.00. The second-order valence-electron chi connectivity index (χ2n) is 2.99. The molecule has 0 aromatic carbocycles. The number of rotatable bonds is 3. The molecule has 1 aromatic rings. The molecule has 8 heteroatoms. The van der Waals surface area contributed by atoms with Gasteiger partial charge in [-0.15, -0.1) is 12.1 Å². The number of hydrogen-bond donors (Lipinski definition) is 0. The standard InChI is InChI=1S/C7H8BClF3N2.K/c1-5(8(10,11)12)3-14-4-7(9)6(2)13-14;/h4H,1,3H2,2H3;/q-1;+1. The van der Waals surface area contributed by atoms with Crippen LogP contribution in [0.2, 0.25) is 5.02 Å². The van der Waals surface area contributed by atoms with Gasteiger partial charge in [0.25, 0.3) is 0 Å². The van der Waals surface area contributed by atoms with E-state index in [0.717, 1.165) is 4.68 Å². The Morgan fingerprint density at radius 3 is 2.47 bits per heavy atom. The van der Waals surface area contributed by atoms with Crippen LogP contribution in [0.1, 0.15) is 5.69 Å². The molecule has 1 heterocycles. The van der Waals surface area contributed by atoms with Gasteiger partial charge in [-0.05, 0) is 6.92 Å². The summed E-state index contributed by atoms with van der Waals surface area (Å²) in [5, 5.41) is 4.15. The van der Waals surface area contributed by atoms with Gasteiger partial charge >= 0.3 is 58.4 Å². The van der Waals surface area contributed by atoms with Crippen molar-refractivity contribution in [3.63, 3.8) is 0 Å². The Balaban J connectivity index is 0.00000196. The Hall–Kier alpha value is 0.731. The van der Waals surface area contributed by atoms with Gasteiger partial charge in [0.05, 0.1) is 10.7 Å². The van der Waals surface area contributed by atoms with E-state index in [-0.39, 0.29) is 57.9 Å². The molecule has 0 aliphatic heterocycles. The Morgan fingerprint density at radius 2 is 2.13 bits per heavy atom. The van der Waals surface area contributed by atoms with Gasteiger partial charge in [0, 0.05) is 12.7 Å². The van der Waals surface area contributed by atoms with Crippen LogP contribution in [-0.4, -0.2) is 16.8 Å². The predicted octanol–water partition coefficient (Wildman–Crippen LogP) is -0.208. The molecule has 0 unspecified atom stereocenters. The first-order valence-electron chi connectivity index (χ1n) is 3.88. The third-order valence-corrected chi connectivity index (χ3v) is 2.09. The largest absolute Gasteiger partial charge is 1.00 e. The summed E-state index contributed by atoms with van der Waals surface area (Å²) in [5.74, 6) is 0. The third kappa shape index (κ3) is 4.62. The first-order chi connectivity index (χ1) is 6.30. The van der Waals surface area contributed by atoms with Crippen LogP contribution in [0.15, 0.2) is 18.2 Å².